The summed E-state index contributed by atoms with van der Waals surface area (Å²) >= 11 is 0. The molecule has 1 aliphatic rings. The van der Waals surface area contributed by atoms with E-state index in [1.165, 1.54) is 6.08 Å². The lowest BCUT2D eigenvalue weighted by Gasteiger charge is -2.12. The molecule has 0 amide bonds. The fourth-order valence-corrected chi connectivity index (χ4v) is 4.32. The first-order valence-corrected chi connectivity index (χ1v) is 8.38. The number of rotatable bonds is 3. The highest BCUT2D eigenvalue weighted by Gasteiger charge is 2.27. The Morgan fingerprint density at radius 1 is 1.37 bits per heavy atom. The zero-order chi connectivity index (χ0) is 14.3. The molecule has 1 unspecified atom stereocenters. The van der Waals surface area contributed by atoms with Gasteiger partial charge in [0.25, 0.3) is 0 Å². The van der Waals surface area contributed by atoms with E-state index in [-0.39, 0.29) is 16.3 Å². The lowest BCUT2D eigenvalue weighted by molar-refractivity contribution is 0.574. The topological polar surface area (TPSA) is 106 Å². The van der Waals surface area contributed by atoms with Crippen LogP contribution in [0.15, 0.2) is 34.6 Å². The van der Waals surface area contributed by atoms with Gasteiger partial charge in [-0.25, -0.2) is 25.9 Å². The minimum Gasteiger partial charge on any atom is -0.398 e. The van der Waals surface area contributed by atoms with E-state index in [0.29, 0.717) is 0 Å². The number of nitrogens with one attached hydrogen (secondary N) is 1. The Morgan fingerprint density at radius 2 is 2.05 bits per heavy atom. The highest BCUT2D eigenvalue weighted by Crippen LogP contribution is 2.20. The summed E-state index contributed by atoms with van der Waals surface area (Å²) in [5.41, 5.74) is 5.20. The molecule has 0 aromatic heterocycles. The molecule has 104 valence electrons. The van der Waals surface area contributed by atoms with Crippen molar-refractivity contribution in [3.05, 3.63) is 35.5 Å². The van der Waals surface area contributed by atoms with E-state index in [9.17, 15) is 21.2 Å². The average Bonchev–Trinajstić information content (AvgIpc) is 2.56. The summed E-state index contributed by atoms with van der Waals surface area (Å²) in [6.45, 7) is 0. The molecule has 9 heteroatoms. The van der Waals surface area contributed by atoms with Gasteiger partial charge in [-0.3, -0.25) is 0 Å². The molecule has 1 aromatic carbocycles. The second-order valence-electron chi connectivity index (χ2n) is 4.07. The van der Waals surface area contributed by atoms with Gasteiger partial charge in [0.05, 0.1) is 17.5 Å². The Bertz CT molecular complexity index is 741. The fourth-order valence-electron chi connectivity index (χ4n) is 1.68. The lowest BCUT2D eigenvalue weighted by atomic mass is 10.3. The van der Waals surface area contributed by atoms with Crippen molar-refractivity contribution < 1.29 is 21.2 Å². The Balaban J connectivity index is 2.27. The molecule has 1 aromatic rings. The van der Waals surface area contributed by atoms with Crippen molar-refractivity contribution in [3.8, 4) is 0 Å². The van der Waals surface area contributed by atoms with E-state index in [0.717, 1.165) is 23.6 Å². The third-order valence-corrected chi connectivity index (χ3v) is 5.46. The number of nitrogen functional groups attached to an aromatic ring is 1. The van der Waals surface area contributed by atoms with Gasteiger partial charge in [0.2, 0.25) is 10.0 Å². The first-order chi connectivity index (χ1) is 8.70. The summed E-state index contributed by atoms with van der Waals surface area (Å²) in [5, 5.41) is 0.953. The highest BCUT2D eigenvalue weighted by molar-refractivity contribution is 7.94. The van der Waals surface area contributed by atoms with Crippen LogP contribution in [-0.2, 0) is 19.9 Å². The van der Waals surface area contributed by atoms with Crippen LogP contribution in [0.5, 0.6) is 0 Å². The van der Waals surface area contributed by atoms with Crippen molar-refractivity contribution in [2.45, 2.75) is 10.9 Å². The van der Waals surface area contributed by atoms with Gasteiger partial charge < -0.3 is 5.73 Å². The standard InChI is InChI=1S/C10H11FN2O4S2/c11-7-1-2-10(9(12)5-7)19(16,17)13-8-3-4-18(14,15)6-8/h1-5,8,13H,6,12H2. The predicted molar refractivity (Wildman–Crippen MR) is 67.8 cm³/mol. The molecule has 0 fully saturated rings. The van der Waals surface area contributed by atoms with Crippen molar-refractivity contribution in [3.63, 3.8) is 0 Å². The molecule has 1 heterocycles. The SMILES string of the molecule is Nc1cc(F)ccc1S(=O)(=O)NC1C=CS(=O)(=O)C1. The van der Waals surface area contributed by atoms with Crippen molar-refractivity contribution >= 4 is 25.5 Å². The average molecular weight is 306 g/mol. The lowest BCUT2D eigenvalue weighted by Crippen LogP contribution is -2.35. The zero-order valence-electron chi connectivity index (χ0n) is 9.58. The van der Waals surface area contributed by atoms with Gasteiger partial charge in [-0.2, -0.15) is 0 Å². The molecule has 0 saturated heterocycles. The second kappa shape index (κ2) is 4.58. The Kier molecular flexibility index (Phi) is 3.37. The van der Waals surface area contributed by atoms with Crippen LogP contribution in [-0.4, -0.2) is 28.6 Å². The minimum atomic E-state index is -4.00. The van der Waals surface area contributed by atoms with Crippen molar-refractivity contribution in [2.24, 2.45) is 0 Å². The zero-order valence-corrected chi connectivity index (χ0v) is 11.2. The van der Waals surface area contributed by atoms with E-state index in [1.807, 2.05) is 0 Å². The smallest absolute Gasteiger partial charge is 0.243 e. The second-order valence-corrected chi connectivity index (χ2v) is 7.68. The normalized spacial score (nSPS) is 21.6. The third-order valence-electron chi connectivity index (χ3n) is 2.50. The van der Waals surface area contributed by atoms with Crippen LogP contribution in [0.25, 0.3) is 0 Å². The van der Waals surface area contributed by atoms with E-state index in [1.54, 1.807) is 0 Å². The van der Waals surface area contributed by atoms with Gasteiger partial charge in [-0.05, 0) is 18.2 Å². The van der Waals surface area contributed by atoms with Gasteiger partial charge in [-0.1, -0.05) is 6.08 Å². The monoisotopic (exact) mass is 306 g/mol. The van der Waals surface area contributed by atoms with Gasteiger partial charge in [-0.15, -0.1) is 0 Å². The number of hydrogen-bond acceptors (Lipinski definition) is 5. The summed E-state index contributed by atoms with van der Waals surface area (Å²) in [6, 6.07) is 2.03. The fraction of sp³-hybridized carbons (Fsp3) is 0.200. The number of sulfone groups is 1. The molecule has 0 bridgehead atoms. The van der Waals surface area contributed by atoms with Crippen LogP contribution in [0.3, 0.4) is 0 Å². The molecule has 1 aliphatic heterocycles. The first-order valence-electron chi connectivity index (χ1n) is 5.18. The maximum absolute atomic E-state index is 12.9. The van der Waals surface area contributed by atoms with Gasteiger partial charge in [0, 0.05) is 5.41 Å². The van der Waals surface area contributed by atoms with Gasteiger partial charge in [0.15, 0.2) is 9.84 Å². The Labute approximate surface area is 110 Å². The summed E-state index contributed by atoms with van der Waals surface area (Å²) in [5.74, 6) is -0.993. The van der Waals surface area contributed by atoms with Gasteiger partial charge in [0.1, 0.15) is 10.7 Å². The summed E-state index contributed by atoms with van der Waals surface area (Å²) < 4.78 is 61.4. The van der Waals surface area contributed by atoms with Crippen LogP contribution < -0.4 is 10.5 Å². The number of sulfonamides is 1. The molecule has 0 saturated carbocycles. The third kappa shape index (κ3) is 3.11. The molecule has 1 atom stereocenters. The van der Waals surface area contributed by atoms with Crippen LogP contribution in [0.2, 0.25) is 0 Å². The Morgan fingerprint density at radius 3 is 2.58 bits per heavy atom. The van der Waals surface area contributed by atoms with E-state index in [4.69, 9.17) is 5.73 Å². The van der Waals surface area contributed by atoms with E-state index < -0.39 is 31.7 Å². The van der Waals surface area contributed by atoms with Crippen LogP contribution in [0.1, 0.15) is 0 Å². The number of anilines is 1. The summed E-state index contributed by atoms with van der Waals surface area (Å²) in [4.78, 5) is -0.286. The van der Waals surface area contributed by atoms with Crippen molar-refractivity contribution in [1.29, 1.82) is 0 Å². The maximum atomic E-state index is 12.9. The summed E-state index contributed by atoms with van der Waals surface area (Å²) in [6.07, 6.45) is 1.24. The first kappa shape index (κ1) is 14.0. The molecule has 0 spiro atoms. The molecule has 0 radical (unpaired) electrons. The molecule has 2 rings (SSSR count). The van der Waals surface area contributed by atoms with E-state index >= 15 is 0 Å². The molecule has 3 N–H and O–H groups in total. The Hall–Kier alpha value is -1.45. The van der Waals surface area contributed by atoms with E-state index in [2.05, 4.69) is 4.72 Å². The molecule has 6 nitrogen and oxygen atoms in total. The largest absolute Gasteiger partial charge is 0.398 e. The minimum absolute atomic E-state index is 0.239. The number of benzene rings is 1. The van der Waals surface area contributed by atoms with Crippen molar-refractivity contribution in [2.75, 3.05) is 11.5 Å². The number of nitrogens with two attached hydrogens (primary N) is 1. The quantitative estimate of drug-likeness (QED) is 0.764. The summed E-state index contributed by atoms with van der Waals surface area (Å²) in [7, 11) is -7.36. The van der Waals surface area contributed by atoms with Crippen molar-refractivity contribution in [1.82, 2.24) is 4.72 Å². The van der Waals surface area contributed by atoms with Crippen LogP contribution in [0, 0.1) is 5.82 Å². The number of hydrogen-bond donors (Lipinski definition) is 2. The molecule has 0 aliphatic carbocycles. The molecule has 19 heavy (non-hydrogen) atoms. The van der Waals surface area contributed by atoms with Gasteiger partial charge >= 0.3 is 0 Å². The van der Waals surface area contributed by atoms with Crippen LogP contribution in [0.4, 0.5) is 10.1 Å². The maximum Gasteiger partial charge on any atom is 0.243 e. The number of halogens is 1. The molecular weight excluding hydrogens is 295 g/mol. The molecular formula is C10H11FN2O4S2. The highest BCUT2D eigenvalue weighted by atomic mass is 32.2. The predicted octanol–water partition coefficient (Wildman–Crippen LogP) is -0.00310. The van der Waals surface area contributed by atoms with Crippen LogP contribution >= 0.6 is 0 Å².